The van der Waals surface area contributed by atoms with Crippen LogP contribution in [0.25, 0.3) is 0 Å². The van der Waals surface area contributed by atoms with Crippen molar-refractivity contribution in [2.45, 2.75) is 57.0 Å². The highest BCUT2D eigenvalue weighted by Crippen LogP contribution is 2.35. The van der Waals surface area contributed by atoms with Gasteiger partial charge in [0.1, 0.15) is 5.84 Å². The molecule has 1 aliphatic carbocycles. The molecule has 1 aromatic rings. The maximum Gasteiger partial charge on any atom is 0.253 e. The van der Waals surface area contributed by atoms with Gasteiger partial charge in [-0.25, -0.2) is 4.99 Å². The van der Waals surface area contributed by atoms with Crippen molar-refractivity contribution in [1.29, 1.82) is 5.26 Å². The lowest BCUT2D eigenvalue weighted by molar-refractivity contribution is -0.114. The van der Waals surface area contributed by atoms with E-state index in [0.717, 1.165) is 31.2 Å². The van der Waals surface area contributed by atoms with Gasteiger partial charge in [-0.15, -0.1) is 0 Å². The second-order valence-electron chi connectivity index (χ2n) is 8.14. The molecule has 29 heavy (non-hydrogen) atoms. The van der Waals surface area contributed by atoms with Crippen LogP contribution >= 0.6 is 0 Å². The lowest BCUT2D eigenvalue weighted by Gasteiger charge is -2.46. The molecule has 5 N–H and O–H groups in total. The van der Waals surface area contributed by atoms with Gasteiger partial charge in [0.05, 0.1) is 23.8 Å². The number of rotatable bonds is 7. The number of amidine groups is 1. The van der Waals surface area contributed by atoms with Crippen LogP contribution < -0.4 is 16.8 Å². The molecule has 2 fully saturated rings. The van der Waals surface area contributed by atoms with E-state index < -0.39 is 5.91 Å². The average molecular weight is 395 g/mol. The summed E-state index contributed by atoms with van der Waals surface area (Å²) in [6.45, 7) is 4.35. The molecule has 7 nitrogen and oxygen atoms in total. The second-order valence-corrected chi connectivity index (χ2v) is 8.14. The van der Waals surface area contributed by atoms with E-state index in [1.165, 1.54) is 19.5 Å². The van der Waals surface area contributed by atoms with Crippen molar-refractivity contribution in [1.82, 2.24) is 10.2 Å². The number of carbonyl (C=O) groups excluding carboxylic acids is 1. The zero-order chi connectivity index (χ0) is 20.9. The number of likely N-dealkylation sites (tertiary alicyclic amines) is 1. The number of nitrogens with one attached hydrogen (secondary N) is 1. The Kier molecular flexibility index (Phi) is 6.55. The van der Waals surface area contributed by atoms with Crippen LogP contribution in [0.3, 0.4) is 0 Å². The van der Waals surface area contributed by atoms with E-state index in [1.54, 1.807) is 6.20 Å². The number of benzene rings is 1. The van der Waals surface area contributed by atoms with Crippen molar-refractivity contribution < 1.29 is 4.79 Å². The minimum absolute atomic E-state index is 0.0650. The Morgan fingerprint density at radius 3 is 2.48 bits per heavy atom. The third-order valence-corrected chi connectivity index (χ3v) is 6.08. The van der Waals surface area contributed by atoms with Gasteiger partial charge in [-0.3, -0.25) is 4.79 Å². The van der Waals surface area contributed by atoms with Gasteiger partial charge in [0.25, 0.3) is 5.91 Å². The fraction of sp³-hybridized carbons (Fsp3) is 0.500. The Labute approximate surface area is 172 Å². The van der Waals surface area contributed by atoms with Crippen molar-refractivity contribution in [3.63, 3.8) is 0 Å². The normalized spacial score (nSPS) is 25.7. The Morgan fingerprint density at radius 2 is 1.97 bits per heavy atom. The van der Waals surface area contributed by atoms with Crippen molar-refractivity contribution in [3.05, 3.63) is 41.6 Å². The molecule has 1 aliphatic heterocycles. The summed E-state index contributed by atoms with van der Waals surface area (Å²) in [4.78, 5) is 18.8. The van der Waals surface area contributed by atoms with E-state index in [4.69, 9.17) is 11.5 Å². The smallest absolute Gasteiger partial charge is 0.253 e. The summed E-state index contributed by atoms with van der Waals surface area (Å²) in [5.74, 6) is -0.581. The van der Waals surface area contributed by atoms with Crippen LogP contribution in [0.2, 0.25) is 0 Å². The summed E-state index contributed by atoms with van der Waals surface area (Å²) in [6.07, 6.45) is 7.04. The fourth-order valence-corrected chi connectivity index (χ4v) is 4.06. The number of aliphatic imine (C=N–C) groups is 1. The number of hydrogen-bond donors (Lipinski definition) is 3. The number of primary amides is 1. The summed E-state index contributed by atoms with van der Waals surface area (Å²) in [5.41, 5.74) is 13.2. The SMILES string of the molecule is Cc1ccc(N=C(N)/C(=C\NC2(CC#N)CCC(N3CCC3)CC2)C(N)=O)cc1. The summed E-state index contributed by atoms with van der Waals surface area (Å²) in [5, 5.41) is 12.7. The van der Waals surface area contributed by atoms with Crippen LogP contribution in [0.15, 0.2) is 41.0 Å². The van der Waals surface area contributed by atoms with E-state index in [2.05, 4.69) is 21.3 Å². The molecule has 1 amide bonds. The third-order valence-electron chi connectivity index (χ3n) is 6.08. The lowest BCUT2D eigenvalue weighted by atomic mass is 9.76. The third kappa shape index (κ3) is 5.15. The number of aryl methyl sites for hydroxylation is 1. The second kappa shape index (κ2) is 9.10. The molecule has 1 heterocycles. The predicted octanol–water partition coefficient (Wildman–Crippen LogP) is 2.24. The maximum absolute atomic E-state index is 12.0. The van der Waals surface area contributed by atoms with Gasteiger partial charge in [0.2, 0.25) is 0 Å². The number of hydrogen-bond acceptors (Lipinski definition) is 5. The summed E-state index contributed by atoms with van der Waals surface area (Å²) in [6, 6.07) is 10.4. The van der Waals surface area contributed by atoms with Crippen molar-refractivity contribution >= 4 is 17.4 Å². The Hall–Kier alpha value is -2.85. The van der Waals surface area contributed by atoms with Crippen molar-refractivity contribution in [2.75, 3.05) is 13.1 Å². The largest absolute Gasteiger partial charge is 0.384 e. The van der Waals surface area contributed by atoms with Crippen LogP contribution in [-0.2, 0) is 4.79 Å². The Morgan fingerprint density at radius 1 is 1.31 bits per heavy atom. The van der Waals surface area contributed by atoms with Crippen LogP contribution in [0.1, 0.15) is 44.1 Å². The van der Waals surface area contributed by atoms with E-state index in [-0.39, 0.29) is 16.9 Å². The summed E-state index contributed by atoms with van der Waals surface area (Å²) in [7, 11) is 0. The molecule has 1 saturated heterocycles. The molecule has 7 heteroatoms. The highest BCUT2D eigenvalue weighted by atomic mass is 16.1. The predicted molar refractivity (Wildman–Crippen MR) is 114 cm³/mol. The van der Waals surface area contributed by atoms with Gasteiger partial charge in [-0.1, -0.05) is 17.7 Å². The molecular weight excluding hydrogens is 364 g/mol. The van der Waals surface area contributed by atoms with E-state index in [0.29, 0.717) is 18.2 Å². The molecule has 0 unspecified atom stereocenters. The van der Waals surface area contributed by atoms with Crippen LogP contribution in [0, 0.1) is 18.3 Å². The molecule has 3 rings (SSSR count). The lowest BCUT2D eigenvalue weighted by Crippen LogP contribution is -2.52. The first-order chi connectivity index (χ1) is 13.9. The highest BCUT2D eigenvalue weighted by molar-refractivity contribution is 6.20. The van der Waals surface area contributed by atoms with Gasteiger partial charge in [0.15, 0.2) is 0 Å². The zero-order valence-corrected chi connectivity index (χ0v) is 17.0. The van der Waals surface area contributed by atoms with Crippen molar-refractivity contribution in [2.24, 2.45) is 16.5 Å². The molecule has 0 bridgehead atoms. The minimum atomic E-state index is -0.646. The monoisotopic (exact) mass is 394 g/mol. The van der Waals surface area contributed by atoms with Gasteiger partial charge in [-0.05, 0) is 64.3 Å². The molecule has 0 atom stereocenters. The average Bonchev–Trinajstić information content (AvgIpc) is 2.64. The van der Waals surface area contributed by atoms with E-state index in [1.807, 2.05) is 31.2 Å². The zero-order valence-electron chi connectivity index (χ0n) is 17.0. The number of amides is 1. The standard InChI is InChI=1S/C22H30N6O/c1-16-3-5-17(6-4-16)27-20(24)19(21(25)29)15-26-22(11-12-23)9-7-18(8-10-22)28-13-2-14-28/h3-6,15,18,26H,2,7-11,13-14H2,1H3,(H2,24,27)(H2,25,29)/b19-15+. The van der Waals surface area contributed by atoms with Gasteiger partial charge < -0.3 is 21.7 Å². The molecule has 1 aromatic carbocycles. The Balaban J connectivity index is 1.74. The molecule has 154 valence electrons. The molecular formula is C22H30N6O. The Bertz CT molecular complexity index is 824. The minimum Gasteiger partial charge on any atom is -0.384 e. The maximum atomic E-state index is 12.0. The highest BCUT2D eigenvalue weighted by Gasteiger charge is 2.37. The number of nitrogens with zero attached hydrogens (tertiary/aromatic N) is 3. The van der Waals surface area contributed by atoms with Gasteiger partial charge in [0, 0.05) is 17.8 Å². The molecule has 0 radical (unpaired) electrons. The number of nitriles is 1. The topological polar surface area (TPSA) is 121 Å². The van der Waals surface area contributed by atoms with E-state index in [9.17, 15) is 10.1 Å². The first kappa shape index (κ1) is 20.9. The van der Waals surface area contributed by atoms with Gasteiger partial charge >= 0.3 is 0 Å². The number of nitrogens with two attached hydrogens (primary N) is 2. The molecule has 0 aromatic heterocycles. The summed E-state index contributed by atoms with van der Waals surface area (Å²) < 4.78 is 0. The first-order valence-electron chi connectivity index (χ1n) is 10.2. The molecule has 2 aliphatic rings. The first-order valence-corrected chi connectivity index (χ1v) is 10.2. The van der Waals surface area contributed by atoms with Crippen LogP contribution in [-0.4, -0.2) is 41.3 Å². The quantitative estimate of drug-likeness (QED) is 0.372. The summed E-state index contributed by atoms with van der Waals surface area (Å²) >= 11 is 0. The van der Waals surface area contributed by atoms with E-state index >= 15 is 0 Å². The fourth-order valence-electron chi connectivity index (χ4n) is 4.06. The van der Waals surface area contributed by atoms with Crippen LogP contribution in [0.5, 0.6) is 0 Å². The van der Waals surface area contributed by atoms with Gasteiger partial charge in [-0.2, -0.15) is 5.26 Å². The molecule has 1 saturated carbocycles. The molecule has 0 spiro atoms. The van der Waals surface area contributed by atoms with Crippen LogP contribution in [0.4, 0.5) is 5.69 Å². The number of carbonyl (C=O) groups is 1. The van der Waals surface area contributed by atoms with Crippen molar-refractivity contribution in [3.8, 4) is 6.07 Å².